The van der Waals surface area contributed by atoms with Gasteiger partial charge in [-0.2, -0.15) is 0 Å². The number of aliphatic hydroxyl groups is 1. The normalized spacial score (nSPS) is 11.6. The zero-order valence-corrected chi connectivity index (χ0v) is 15.5. The van der Waals surface area contributed by atoms with E-state index in [9.17, 15) is 9.59 Å². The maximum absolute atomic E-state index is 11.8. The summed E-state index contributed by atoms with van der Waals surface area (Å²) in [6.07, 6.45) is 2.25. The van der Waals surface area contributed by atoms with Gasteiger partial charge in [0.1, 0.15) is 6.61 Å². The van der Waals surface area contributed by atoms with Crippen LogP contribution in [0.5, 0.6) is 0 Å². The monoisotopic (exact) mass is 373 g/mol. The van der Waals surface area contributed by atoms with Crippen molar-refractivity contribution in [3.8, 4) is 0 Å². The number of hydrogen-bond donors (Lipinski definition) is 2. The van der Waals surface area contributed by atoms with Crippen LogP contribution in [0.25, 0.3) is 0 Å². The van der Waals surface area contributed by atoms with Gasteiger partial charge in [-0.25, -0.2) is 0 Å². The summed E-state index contributed by atoms with van der Waals surface area (Å²) in [6.45, 7) is -0.484. The van der Waals surface area contributed by atoms with Gasteiger partial charge in [-0.1, -0.05) is 60.7 Å². The van der Waals surface area contributed by atoms with E-state index in [1.54, 1.807) is 6.07 Å². The summed E-state index contributed by atoms with van der Waals surface area (Å²) in [7, 11) is 0. The molecule has 2 N–H and O–H groups in total. The van der Waals surface area contributed by atoms with E-state index in [4.69, 9.17) is 5.11 Å². The fourth-order valence-electron chi connectivity index (χ4n) is 3.42. The predicted molar refractivity (Wildman–Crippen MR) is 111 cm³/mol. The molecule has 1 amide bonds. The molecule has 1 atom stereocenters. The third-order valence-corrected chi connectivity index (χ3v) is 4.78. The number of carbonyl (C=O) groups is 2. The molecule has 3 aromatic carbocycles. The Morgan fingerprint density at radius 3 is 2.25 bits per heavy atom. The Morgan fingerprint density at radius 2 is 1.57 bits per heavy atom. The number of anilines is 1. The van der Waals surface area contributed by atoms with Gasteiger partial charge in [-0.3, -0.25) is 9.59 Å². The summed E-state index contributed by atoms with van der Waals surface area (Å²) in [5.41, 5.74) is 4.70. The van der Waals surface area contributed by atoms with Crippen molar-refractivity contribution < 1.29 is 14.7 Å². The lowest BCUT2D eigenvalue weighted by Crippen LogP contribution is -2.09. The molecule has 0 saturated heterocycles. The highest BCUT2D eigenvalue weighted by Crippen LogP contribution is 2.26. The molecule has 4 heteroatoms. The Labute approximate surface area is 164 Å². The van der Waals surface area contributed by atoms with Crippen LogP contribution in [-0.4, -0.2) is 23.9 Å². The number of carbonyl (C=O) groups excluding carboxylic acids is 2. The minimum Gasteiger partial charge on any atom is -0.388 e. The van der Waals surface area contributed by atoms with Crippen molar-refractivity contribution >= 4 is 17.9 Å². The number of hydrogen-bond acceptors (Lipinski definition) is 3. The third-order valence-electron chi connectivity index (χ3n) is 4.78. The minimum absolute atomic E-state index is 0.215. The van der Waals surface area contributed by atoms with Crippen LogP contribution in [0, 0.1) is 0 Å². The van der Waals surface area contributed by atoms with Crippen LogP contribution in [0.2, 0.25) is 0 Å². The number of benzene rings is 3. The summed E-state index contributed by atoms with van der Waals surface area (Å²) >= 11 is 0. The third kappa shape index (κ3) is 5.15. The Balaban J connectivity index is 1.87. The molecule has 0 spiro atoms. The molecule has 142 valence electrons. The lowest BCUT2D eigenvalue weighted by Gasteiger charge is -2.19. The van der Waals surface area contributed by atoms with Crippen LogP contribution in [0.4, 0.5) is 5.69 Å². The molecule has 0 radical (unpaired) electrons. The molecule has 0 aromatic heterocycles. The number of aliphatic hydroxyl groups excluding tert-OH is 1. The maximum Gasteiger partial charge on any atom is 0.211 e. The average Bonchev–Trinajstić information content (AvgIpc) is 2.74. The van der Waals surface area contributed by atoms with Crippen LogP contribution in [0.15, 0.2) is 78.9 Å². The van der Waals surface area contributed by atoms with E-state index in [-0.39, 0.29) is 11.7 Å². The summed E-state index contributed by atoms with van der Waals surface area (Å²) in [5, 5.41) is 11.8. The van der Waals surface area contributed by atoms with Gasteiger partial charge < -0.3 is 10.4 Å². The molecular formula is C24H23NO3. The highest BCUT2D eigenvalue weighted by atomic mass is 16.3. The number of ketones is 1. The zero-order chi connectivity index (χ0) is 19.8. The second-order valence-electron chi connectivity index (χ2n) is 6.76. The van der Waals surface area contributed by atoms with Crippen molar-refractivity contribution in [2.75, 3.05) is 11.9 Å². The zero-order valence-electron chi connectivity index (χ0n) is 15.5. The Kier molecular flexibility index (Phi) is 6.71. The minimum atomic E-state index is -0.484. The Hall–Kier alpha value is -3.24. The van der Waals surface area contributed by atoms with Crippen LogP contribution >= 0.6 is 0 Å². The highest BCUT2D eigenvalue weighted by molar-refractivity contribution is 5.97. The molecular weight excluding hydrogens is 350 g/mol. The molecule has 0 aliphatic heterocycles. The standard InChI is InChI=1S/C24H23NO3/c26-16-24(28)21-10-4-6-18(12-21)13-22(20-8-2-1-3-9-20)14-19-7-5-11-23(15-19)25-17-27/h1-12,15,17,22,26H,13-14,16H2,(H,25,27). The SMILES string of the molecule is O=CNc1cccc(CC(Cc2cccc(C(=O)CO)c2)c2ccccc2)c1. The molecule has 0 saturated carbocycles. The first-order chi connectivity index (χ1) is 13.7. The van der Waals surface area contributed by atoms with E-state index >= 15 is 0 Å². The van der Waals surface area contributed by atoms with Gasteiger partial charge in [0, 0.05) is 11.3 Å². The van der Waals surface area contributed by atoms with E-state index in [1.807, 2.05) is 54.6 Å². The summed E-state index contributed by atoms with van der Waals surface area (Å²) in [4.78, 5) is 22.6. The smallest absolute Gasteiger partial charge is 0.211 e. The van der Waals surface area contributed by atoms with Gasteiger partial charge in [0.05, 0.1) is 0 Å². The lowest BCUT2D eigenvalue weighted by molar-refractivity contribution is -0.105. The van der Waals surface area contributed by atoms with Crippen molar-refractivity contribution in [1.29, 1.82) is 0 Å². The number of Topliss-reactive ketones (excluding diaryl/α,β-unsaturated/α-hetero) is 1. The Bertz CT molecular complexity index is 937. The largest absolute Gasteiger partial charge is 0.388 e. The van der Waals surface area contributed by atoms with E-state index < -0.39 is 6.61 Å². The fraction of sp³-hybridized carbons (Fsp3) is 0.167. The van der Waals surface area contributed by atoms with Gasteiger partial charge in [-0.15, -0.1) is 0 Å². The van der Waals surface area contributed by atoms with Crippen molar-refractivity contribution in [2.45, 2.75) is 18.8 Å². The second-order valence-corrected chi connectivity index (χ2v) is 6.76. The van der Waals surface area contributed by atoms with E-state index in [2.05, 4.69) is 23.5 Å². The van der Waals surface area contributed by atoms with Gasteiger partial charge in [0.2, 0.25) is 6.41 Å². The first-order valence-electron chi connectivity index (χ1n) is 9.26. The molecule has 28 heavy (non-hydrogen) atoms. The van der Waals surface area contributed by atoms with E-state index in [0.29, 0.717) is 12.0 Å². The van der Waals surface area contributed by atoms with Crippen molar-refractivity contribution in [3.05, 3.63) is 101 Å². The molecule has 0 heterocycles. The number of amides is 1. The summed E-state index contributed by atoms with van der Waals surface area (Å²) in [6, 6.07) is 25.6. The second kappa shape index (κ2) is 9.62. The van der Waals surface area contributed by atoms with Crippen molar-refractivity contribution in [2.24, 2.45) is 0 Å². The first-order valence-corrected chi connectivity index (χ1v) is 9.26. The quantitative estimate of drug-likeness (QED) is 0.440. The van der Waals surface area contributed by atoms with Crippen molar-refractivity contribution in [1.82, 2.24) is 0 Å². The summed E-state index contributed by atoms with van der Waals surface area (Å²) < 4.78 is 0. The predicted octanol–water partition coefficient (Wildman–Crippen LogP) is 4.00. The number of nitrogens with one attached hydrogen (secondary N) is 1. The molecule has 3 aromatic rings. The molecule has 0 fully saturated rings. The van der Waals surface area contributed by atoms with Gasteiger partial charge in [0.25, 0.3) is 0 Å². The average molecular weight is 373 g/mol. The molecule has 0 aliphatic rings. The van der Waals surface area contributed by atoms with Crippen LogP contribution in [0.1, 0.15) is 33.0 Å². The van der Waals surface area contributed by atoms with Crippen LogP contribution < -0.4 is 5.32 Å². The van der Waals surface area contributed by atoms with Crippen LogP contribution in [0.3, 0.4) is 0 Å². The molecule has 4 nitrogen and oxygen atoms in total. The topological polar surface area (TPSA) is 66.4 Å². The molecule has 0 bridgehead atoms. The van der Waals surface area contributed by atoms with E-state index in [1.165, 1.54) is 5.56 Å². The van der Waals surface area contributed by atoms with Gasteiger partial charge in [0.15, 0.2) is 5.78 Å². The molecule has 3 rings (SSSR count). The fourth-order valence-corrected chi connectivity index (χ4v) is 3.42. The molecule has 0 aliphatic carbocycles. The van der Waals surface area contributed by atoms with Crippen LogP contribution in [-0.2, 0) is 17.6 Å². The summed E-state index contributed by atoms with van der Waals surface area (Å²) in [5.74, 6) is -0.0575. The lowest BCUT2D eigenvalue weighted by atomic mass is 9.86. The first kappa shape index (κ1) is 19.5. The number of rotatable bonds is 9. The van der Waals surface area contributed by atoms with Gasteiger partial charge in [-0.05, 0) is 53.6 Å². The molecule has 1 unspecified atom stereocenters. The van der Waals surface area contributed by atoms with Gasteiger partial charge >= 0.3 is 0 Å². The Morgan fingerprint density at radius 1 is 0.893 bits per heavy atom. The van der Waals surface area contributed by atoms with E-state index in [0.717, 1.165) is 29.7 Å². The van der Waals surface area contributed by atoms with Crippen molar-refractivity contribution in [3.63, 3.8) is 0 Å². The highest BCUT2D eigenvalue weighted by Gasteiger charge is 2.15. The maximum atomic E-state index is 11.8.